The number of rotatable bonds is 7. The quantitative estimate of drug-likeness (QED) is 0.795. The molecule has 6 nitrogen and oxygen atoms in total. The van der Waals surface area contributed by atoms with Gasteiger partial charge in [-0.15, -0.1) is 0 Å². The first-order valence-corrected chi connectivity index (χ1v) is 10.5. The van der Waals surface area contributed by atoms with Gasteiger partial charge in [-0.3, -0.25) is 9.69 Å². The minimum atomic E-state index is -3.20. The SMILES string of the molecule is CCCS(=O)(=O)NC1CCN(C(=O)C(c2ccccc2)N(C)C)CC1. The van der Waals surface area contributed by atoms with Crippen molar-refractivity contribution in [3.05, 3.63) is 35.9 Å². The van der Waals surface area contributed by atoms with Crippen molar-refractivity contribution < 1.29 is 13.2 Å². The number of benzene rings is 1. The minimum Gasteiger partial charge on any atom is -0.341 e. The summed E-state index contributed by atoms with van der Waals surface area (Å²) in [6.45, 7) is 3.01. The van der Waals surface area contributed by atoms with Crippen molar-refractivity contribution in [2.75, 3.05) is 32.9 Å². The van der Waals surface area contributed by atoms with E-state index in [1.54, 1.807) is 0 Å². The summed E-state index contributed by atoms with van der Waals surface area (Å²) in [5.41, 5.74) is 0.975. The largest absolute Gasteiger partial charge is 0.341 e. The molecule has 140 valence electrons. The maximum atomic E-state index is 13.0. The normalized spacial score (nSPS) is 17.7. The van der Waals surface area contributed by atoms with E-state index in [0.717, 1.165) is 5.56 Å². The Morgan fingerprint density at radius 3 is 2.36 bits per heavy atom. The molecule has 1 N–H and O–H groups in total. The lowest BCUT2D eigenvalue weighted by atomic mass is 10.0. The van der Waals surface area contributed by atoms with Crippen molar-refractivity contribution >= 4 is 15.9 Å². The molecule has 1 unspecified atom stereocenters. The summed E-state index contributed by atoms with van der Waals surface area (Å²) in [5, 5.41) is 0. The summed E-state index contributed by atoms with van der Waals surface area (Å²) in [4.78, 5) is 16.8. The Labute approximate surface area is 151 Å². The van der Waals surface area contributed by atoms with Gasteiger partial charge in [-0.2, -0.15) is 0 Å². The highest BCUT2D eigenvalue weighted by Crippen LogP contribution is 2.23. The molecule has 25 heavy (non-hydrogen) atoms. The van der Waals surface area contributed by atoms with Crippen molar-refractivity contribution in [3.63, 3.8) is 0 Å². The number of carbonyl (C=O) groups is 1. The van der Waals surface area contributed by atoms with Crippen LogP contribution in [0.25, 0.3) is 0 Å². The van der Waals surface area contributed by atoms with E-state index in [1.165, 1.54) is 0 Å². The molecular weight excluding hydrogens is 338 g/mol. The predicted molar refractivity (Wildman–Crippen MR) is 99.7 cm³/mol. The Hall–Kier alpha value is -1.44. The van der Waals surface area contributed by atoms with Gasteiger partial charge in [0.2, 0.25) is 15.9 Å². The number of piperidine rings is 1. The van der Waals surface area contributed by atoms with E-state index >= 15 is 0 Å². The standard InChI is InChI=1S/C18H29N3O3S/c1-4-14-25(23,24)19-16-10-12-21(13-11-16)18(22)17(20(2)3)15-8-6-5-7-9-15/h5-9,16-17,19H,4,10-14H2,1-3H3. The summed E-state index contributed by atoms with van der Waals surface area (Å²) in [5.74, 6) is 0.231. The highest BCUT2D eigenvalue weighted by molar-refractivity contribution is 7.89. The number of nitrogens with zero attached hydrogens (tertiary/aromatic N) is 2. The summed E-state index contributed by atoms with van der Waals surface area (Å²) >= 11 is 0. The van der Waals surface area contributed by atoms with Gasteiger partial charge in [0.1, 0.15) is 6.04 Å². The van der Waals surface area contributed by atoms with Gasteiger partial charge < -0.3 is 4.90 Å². The van der Waals surface area contributed by atoms with Gasteiger partial charge in [-0.25, -0.2) is 13.1 Å². The van der Waals surface area contributed by atoms with Crippen LogP contribution in [0, 0.1) is 0 Å². The number of nitrogens with one attached hydrogen (secondary N) is 1. The molecule has 1 aliphatic heterocycles. The molecule has 0 radical (unpaired) electrons. The van der Waals surface area contributed by atoms with Crippen LogP contribution in [0.2, 0.25) is 0 Å². The van der Waals surface area contributed by atoms with E-state index in [4.69, 9.17) is 0 Å². The zero-order valence-corrected chi connectivity index (χ0v) is 16.1. The third kappa shape index (κ3) is 5.52. The fraction of sp³-hybridized carbons (Fsp3) is 0.611. The van der Waals surface area contributed by atoms with E-state index in [1.807, 2.05) is 61.2 Å². The van der Waals surface area contributed by atoms with Crippen LogP contribution in [0.3, 0.4) is 0 Å². The van der Waals surface area contributed by atoms with Crippen LogP contribution in [0.1, 0.15) is 37.8 Å². The van der Waals surface area contributed by atoms with E-state index in [2.05, 4.69) is 4.72 Å². The van der Waals surface area contributed by atoms with Crippen LogP contribution in [-0.4, -0.2) is 63.1 Å². The Balaban J connectivity index is 1.98. The fourth-order valence-electron chi connectivity index (χ4n) is 3.27. The number of amides is 1. The molecule has 1 heterocycles. The fourth-order valence-corrected chi connectivity index (χ4v) is 4.67. The lowest BCUT2D eigenvalue weighted by Gasteiger charge is -2.36. The van der Waals surface area contributed by atoms with Gasteiger partial charge >= 0.3 is 0 Å². The number of likely N-dealkylation sites (tertiary alicyclic amines) is 1. The number of hydrogen-bond donors (Lipinski definition) is 1. The lowest BCUT2D eigenvalue weighted by molar-refractivity contribution is -0.137. The number of sulfonamides is 1. The summed E-state index contributed by atoms with van der Waals surface area (Å²) < 4.78 is 26.6. The van der Waals surface area contributed by atoms with Gasteiger partial charge in [0.05, 0.1) is 5.75 Å². The van der Waals surface area contributed by atoms with Crippen molar-refractivity contribution in [1.29, 1.82) is 0 Å². The van der Waals surface area contributed by atoms with Gasteiger partial charge in [0.15, 0.2) is 0 Å². The van der Waals surface area contributed by atoms with Gasteiger partial charge in [-0.05, 0) is 38.9 Å². The monoisotopic (exact) mass is 367 g/mol. The van der Waals surface area contributed by atoms with Gasteiger partial charge in [-0.1, -0.05) is 37.3 Å². The molecule has 0 aliphatic carbocycles. The van der Waals surface area contributed by atoms with Crippen molar-refractivity contribution in [3.8, 4) is 0 Å². The second-order valence-corrected chi connectivity index (χ2v) is 8.69. The van der Waals surface area contributed by atoms with Crippen molar-refractivity contribution in [2.45, 2.75) is 38.3 Å². The van der Waals surface area contributed by atoms with E-state index in [-0.39, 0.29) is 23.7 Å². The second kappa shape index (κ2) is 8.78. The molecule has 1 fully saturated rings. The smallest absolute Gasteiger partial charge is 0.244 e. The molecule has 0 aromatic heterocycles. The number of carbonyl (C=O) groups excluding carboxylic acids is 1. The van der Waals surface area contributed by atoms with E-state index < -0.39 is 10.0 Å². The molecule has 1 saturated heterocycles. The Kier molecular flexibility index (Phi) is 6.98. The van der Waals surface area contributed by atoms with Crippen molar-refractivity contribution in [2.24, 2.45) is 0 Å². The van der Waals surface area contributed by atoms with Gasteiger partial charge in [0, 0.05) is 19.1 Å². The third-order valence-corrected chi connectivity index (χ3v) is 6.13. The predicted octanol–water partition coefficient (Wildman–Crippen LogP) is 1.61. The molecule has 0 bridgehead atoms. The second-order valence-electron chi connectivity index (χ2n) is 6.81. The minimum absolute atomic E-state index is 0.0740. The molecule has 1 amide bonds. The summed E-state index contributed by atoms with van der Waals surface area (Å²) in [6.07, 6.45) is 1.92. The number of hydrogen-bond acceptors (Lipinski definition) is 4. The molecule has 2 rings (SSSR count). The van der Waals surface area contributed by atoms with E-state index in [9.17, 15) is 13.2 Å². The highest BCUT2D eigenvalue weighted by atomic mass is 32.2. The van der Waals surface area contributed by atoms with Crippen molar-refractivity contribution in [1.82, 2.24) is 14.5 Å². The molecule has 1 aromatic rings. The topological polar surface area (TPSA) is 69.7 Å². The van der Waals surface area contributed by atoms with Crippen LogP contribution in [0.4, 0.5) is 0 Å². The zero-order valence-electron chi connectivity index (χ0n) is 15.3. The molecule has 7 heteroatoms. The third-order valence-electron chi connectivity index (χ3n) is 4.49. The van der Waals surface area contributed by atoms with Crippen LogP contribution < -0.4 is 4.72 Å². The first-order valence-electron chi connectivity index (χ1n) is 8.84. The van der Waals surface area contributed by atoms with Crippen LogP contribution in [-0.2, 0) is 14.8 Å². The Morgan fingerprint density at radius 2 is 1.84 bits per heavy atom. The average Bonchev–Trinajstić information content (AvgIpc) is 2.55. The Morgan fingerprint density at radius 1 is 1.24 bits per heavy atom. The van der Waals surface area contributed by atoms with Gasteiger partial charge in [0.25, 0.3) is 0 Å². The van der Waals surface area contributed by atoms with Crippen LogP contribution >= 0.6 is 0 Å². The zero-order chi connectivity index (χ0) is 18.4. The molecule has 1 aliphatic rings. The maximum absolute atomic E-state index is 13.0. The molecule has 1 atom stereocenters. The average molecular weight is 368 g/mol. The highest BCUT2D eigenvalue weighted by Gasteiger charge is 2.31. The van der Waals surface area contributed by atoms with Crippen LogP contribution in [0.15, 0.2) is 30.3 Å². The Bertz CT molecular complexity index is 653. The summed E-state index contributed by atoms with van der Waals surface area (Å²) in [7, 11) is 0.605. The molecule has 0 saturated carbocycles. The summed E-state index contributed by atoms with van der Waals surface area (Å²) in [6, 6.07) is 9.36. The first-order chi connectivity index (χ1) is 11.8. The molecular formula is C18H29N3O3S. The van der Waals surface area contributed by atoms with Crippen LogP contribution in [0.5, 0.6) is 0 Å². The van der Waals surface area contributed by atoms with E-state index in [0.29, 0.717) is 32.4 Å². The lowest BCUT2D eigenvalue weighted by Crippen LogP contribution is -2.49. The first kappa shape index (κ1) is 19.9. The maximum Gasteiger partial charge on any atom is 0.244 e. The number of likely N-dealkylation sites (N-methyl/N-ethyl adjacent to an activating group) is 1. The molecule has 0 spiro atoms. The molecule has 1 aromatic carbocycles.